The fourth-order valence-electron chi connectivity index (χ4n) is 4.32. The van der Waals surface area contributed by atoms with Crippen molar-refractivity contribution in [2.75, 3.05) is 23.9 Å². The maximum absolute atomic E-state index is 13.5. The number of sulfonamides is 1. The summed E-state index contributed by atoms with van der Waals surface area (Å²) >= 11 is 12.5. The number of likely N-dealkylation sites (tertiary alicyclic amines) is 1. The summed E-state index contributed by atoms with van der Waals surface area (Å²) in [5.74, 6) is -0.446. The van der Waals surface area contributed by atoms with Crippen LogP contribution >= 0.6 is 23.2 Å². The Kier molecular flexibility index (Phi) is 8.90. The normalized spacial score (nSPS) is 14.4. The van der Waals surface area contributed by atoms with Crippen LogP contribution < -0.4 is 9.62 Å². The predicted octanol–water partition coefficient (Wildman–Crippen LogP) is 5.49. The third kappa shape index (κ3) is 6.59. The number of amides is 1. The van der Waals surface area contributed by atoms with Gasteiger partial charge in [-0.05, 0) is 67.4 Å². The molecule has 1 fully saturated rings. The van der Waals surface area contributed by atoms with Crippen LogP contribution in [0.4, 0.5) is 5.69 Å². The number of hydrogen-bond acceptors (Lipinski definition) is 4. The Bertz CT molecular complexity index is 1300. The molecule has 3 aromatic carbocycles. The molecule has 3 aromatic rings. The van der Waals surface area contributed by atoms with Crippen molar-refractivity contribution in [3.05, 3.63) is 94.0 Å². The fourth-order valence-corrected chi connectivity index (χ4v) is 6.21. The monoisotopic (exact) mass is 545 g/mol. The Morgan fingerprint density at radius 2 is 1.56 bits per heavy atom. The molecule has 1 saturated heterocycles. The summed E-state index contributed by atoms with van der Waals surface area (Å²) in [6, 6.07) is 20.5. The van der Waals surface area contributed by atoms with Gasteiger partial charge in [-0.25, -0.2) is 8.42 Å². The summed E-state index contributed by atoms with van der Waals surface area (Å²) in [5, 5.41) is 3.39. The smallest absolute Gasteiger partial charge is 0.264 e. The minimum absolute atomic E-state index is 0.0562. The Hall–Kier alpha value is -2.58. The van der Waals surface area contributed by atoms with E-state index in [0.29, 0.717) is 11.6 Å². The highest BCUT2D eigenvalue weighted by Gasteiger charge is 2.29. The Morgan fingerprint density at radius 3 is 2.28 bits per heavy atom. The maximum atomic E-state index is 13.5. The second-order valence-corrected chi connectivity index (χ2v) is 11.5. The number of nitrogens with one attached hydrogen (secondary N) is 1. The summed E-state index contributed by atoms with van der Waals surface area (Å²) in [5.41, 5.74) is 2.31. The molecular weight excluding hydrogens is 517 g/mol. The van der Waals surface area contributed by atoms with Crippen molar-refractivity contribution in [1.82, 2.24) is 10.2 Å². The van der Waals surface area contributed by atoms with Crippen LogP contribution in [-0.4, -0.2) is 38.9 Å². The lowest BCUT2D eigenvalue weighted by Gasteiger charge is -2.27. The maximum Gasteiger partial charge on any atom is 0.264 e. The van der Waals surface area contributed by atoms with E-state index in [1.54, 1.807) is 24.3 Å². The van der Waals surface area contributed by atoms with Crippen molar-refractivity contribution >= 4 is 44.8 Å². The van der Waals surface area contributed by atoms with Crippen LogP contribution in [0.3, 0.4) is 0 Å². The highest BCUT2D eigenvalue weighted by Crippen LogP contribution is 2.32. The largest absolute Gasteiger partial charge is 0.350 e. The van der Waals surface area contributed by atoms with Crippen LogP contribution in [0.15, 0.2) is 77.7 Å². The number of carbonyl (C=O) groups excluding carboxylic acids is 1. The first-order valence-electron chi connectivity index (χ1n) is 11.9. The average Bonchev–Trinajstić information content (AvgIpc) is 2.89. The zero-order chi connectivity index (χ0) is 25.5. The fraction of sp³-hybridized carbons (Fsp3) is 0.296. The van der Waals surface area contributed by atoms with Gasteiger partial charge in [0.2, 0.25) is 5.91 Å². The Labute approximate surface area is 222 Å². The van der Waals surface area contributed by atoms with Crippen molar-refractivity contribution in [2.24, 2.45) is 0 Å². The molecule has 0 aliphatic carbocycles. The van der Waals surface area contributed by atoms with Crippen LogP contribution in [0.1, 0.15) is 30.4 Å². The van der Waals surface area contributed by atoms with Gasteiger partial charge in [0.25, 0.3) is 10.0 Å². The lowest BCUT2D eigenvalue weighted by atomic mass is 10.0. The SMILES string of the molecule is O=C(CN(c1cc(Cl)ccc1Cl)S(=O)(=O)c1ccccc1)NCc1ccccc1CN1CCCCC1. The van der Waals surface area contributed by atoms with E-state index in [2.05, 4.69) is 16.3 Å². The zero-order valence-electron chi connectivity index (χ0n) is 19.9. The van der Waals surface area contributed by atoms with Crippen LogP contribution in [0.5, 0.6) is 0 Å². The quantitative estimate of drug-likeness (QED) is 0.386. The Balaban J connectivity index is 1.53. The van der Waals surface area contributed by atoms with Gasteiger partial charge in [-0.1, -0.05) is 72.1 Å². The lowest BCUT2D eigenvalue weighted by Crippen LogP contribution is -2.41. The number of hydrogen-bond donors (Lipinski definition) is 1. The summed E-state index contributed by atoms with van der Waals surface area (Å²) in [4.78, 5) is 15.6. The average molecular weight is 547 g/mol. The van der Waals surface area contributed by atoms with E-state index in [9.17, 15) is 13.2 Å². The number of halogens is 2. The van der Waals surface area contributed by atoms with Gasteiger partial charge in [0.05, 0.1) is 15.6 Å². The molecule has 1 heterocycles. The topological polar surface area (TPSA) is 69.7 Å². The summed E-state index contributed by atoms with van der Waals surface area (Å²) < 4.78 is 28.0. The third-order valence-corrected chi connectivity index (χ3v) is 8.56. The number of rotatable bonds is 9. The minimum Gasteiger partial charge on any atom is -0.350 e. The lowest BCUT2D eigenvalue weighted by molar-refractivity contribution is -0.119. The zero-order valence-corrected chi connectivity index (χ0v) is 22.2. The van der Waals surface area contributed by atoms with Gasteiger partial charge >= 0.3 is 0 Å². The van der Waals surface area contributed by atoms with E-state index in [1.165, 1.54) is 43.5 Å². The second kappa shape index (κ2) is 12.1. The molecule has 0 saturated carbocycles. The predicted molar refractivity (Wildman–Crippen MR) is 145 cm³/mol. The molecule has 1 N–H and O–H groups in total. The van der Waals surface area contributed by atoms with Crippen molar-refractivity contribution < 1.29 is 13.2 Å². The molecule has 0 unspecified atom stereocenters. The summed E-state index contributed by atoms with van der Waals surface area (Å²) in [7, 11) is -4.08. The first-order chi connectivity index (χ1) is 17.3. The molecule has 190 valence electrons. The van der Waals surface area contributed by atoms with Gasteiger partial charge in [-0.15, -0.1) is 0 Å². The second-order valence-electron chi connectivity index (χ2n) is 8.80. The number of piperidine rings is 1. The first-order valence-corrected chi connectivity index (χ1v) is 14.1. The first kappa shape index (κ1) is 26.5. The third-order valence-electron chi connectivity index (χ3n) is 6.23. The van der Waals surface area contributed by atoms with Gasteiger partial charge in [-0.3, -0.25) is 14.0 Å². The molecule has 0 spiro atoms. The van der Waals surface area contributed by atoms with Crippen LogP contribution in [0, 0.1) is 0 Å². The van der Waals surface area contributed by atoms with E-state index in [-0.39, 0.29) is 15.6 Å². The molecule has 0 atom stereocenters. The molecule has 9 heteroatoms. The molecular formula is C27H29Cl2N3O3S. The molecule has 36 heavy (non-hydrogen) atoms. The van der Waals surface area contributed by atoms with Crippen LogP contribution in [-0.2, 0) is 27.9 Å². The molecule has 6 nitrogen and oxygen atoms in total. The molecule has 1 aliphatic heterocycles. The van der Waals surface area contributed by atoms with E-state index in [4.69, 9.17) is 23.2 Å². The highest BCUT2D eigenvalue weighted by molar-refractivity contribution is 7.92. The van der Waals surface area contributed by atoms with E-state index in [1.807, 2.05) is 18.2 Å². The van der Waals surface area contributed by atoms with Crippen molar-refractivity contribution in [3.63, 3.8) is 0 Å². The van der Waals surface area contributed by atoms with Crippen LogP contribution in [0.2, 0.25) is 10.0 Å². The van der Waals surface area contributed by atoms with Gasteiger partial charge in [0.1, 0.15) is 6.54 Å². The van der Waals surface area contributed by atoms with Crippen LogP contribution in [0.25, 0.3) is 0 Å². The summed E-state index contributed by atoms with van der Waals surface area (Å²) in [6.45, 7) is 2.84. The number of carbonyl (C=O) groups is 1. The van der Waals surface area contributed by atoms with Crippen molar-refractivity contribution in [3.8, 4) is 0 Å². The molecule has 0 aromatic heterocycles. The number of nitrogens with zero attached hydrogens (tertiary/aromatic N) is 2. The van der Waals surface area contributed by atoms with Gasteiger partial charge in [0, 0.05) is 18.1 Å². The number of benzene rings is 3. The van der Waals surface area contributed by atoms with E-state index < -0.39 is 22.5 Å². The Morgan fingerprint density at radius 1 is 0.889 bits per heavy atom. The van der Waals surface area contributed by atoms with E-state index >= 15 is 0 Å². The van der Waals surface area contributed by atoms with Gasteiger partial charge in [-0.2, -0.15) is 0 Å². The van der Waals surface area contributed by atoms with Gasteiger partial charge < -0.3 is 5.32 Å². The van der Waals surface area contributed by atoms with Crippen molar-refractivity contribution in [1.29, 1.82) is 0 Å². The standard InChI is InChI=1S/C27H29Cl2N3O3S/c28-23-13-14-25(29)26(17-23)32(36(34,35)24-11-3-1-4-12-24)20-27(33)30-18-21-9-5-6-10-22(21)19-31-15-7-2-8-16-31/h1,3-6,9-14,17H,2,7-8,15-16,18-20H2,(H,30,33). The van der Waals surface area contributed by atoms with Crippen molar-refractivity contribution in [2.45, 2.75) is 37.2 Å². The number of anilines is 1. The van der Waals surface area contributed by atoms with Gasteiger partial charge in [0.15, 0.2) is 0 Å². The molecule has 1 amide bonds. The molecule has 4 rings (SSSR count). The molecule has 1 aliphatic rings. The molecule has 0 bridgehead atoms. The minimum atomic E-state index is -4.08. The van der Waals surface area contributed by atoms with E-state index in [0.717, 1.165) is 35.1 Å². The summed E-state index contributed by atoms with van der Waals surface area (Å²) in [6.07, 6.45) is 3.68. The molecule has 0 radical (unpaired) electrons. The highest BCUT2D eigenvalue weighted by atomic mass is 35.5.